The van der Waals surface area contributed by atoms with Crippen LogP contribution in [0.5, 0.6) is 5.75 Å². The summed E-state index contributed by atoms with van der Waals surface area (Å²) >= 11 is 6.38. The van der Waals surface area contributed by atoms with E-state index in [0.717, 1.165) is 49.9 Å². The Bertz CT molecular complexity index is 468. The molecule has 0 radical (unpaired) electrons. The van der Waals surface area contributed by atoms with E-state index in [4.69, 9.17) is 16.3 Å². The zero-order valence-corrected chi connectivity index (χ0v) is 12.9. The van der Waals surface area contributed by atoms with Gasteiger partial charge >= 0.3 is 0 Å². The van der Waals surface area contributed by atoms with Gasteiger partial charge in [-0.25, -0.2) is 0 Å². The van der Waals surface area contributed by atoms with Crippen molar-refractivity contribution in [1.82, 2.24) is 10.2 Å². The van der Waals surface area contributed by atoms with Crippen LogP contribution < -0.4 is 10.1 Å². The van der Waals surface area contributed by atoms with Crippen LogP contribution in [0, 0.1) is 6.92 Å². The SMILES string of the molecule is Cc1cc(Cl)c(OC2CC2)c(CCN2CCNCC2)c1. The molecule has 3 nitrogen and oxygen atoms in total. The Kier molecular flexibility index (Phi) is 4.49. The number of benzene rings is 1. The molecule has 0 aromatic heterocycles. The highest BCUT2D eigenvalue weighted by Gasteiger charge is 2.26. The van der Waals surface area contributed by atoms with Gasteiger partial charge in [-0.3, -0.25) is 0 Å². The Labute approximate surface area is 126 Å². The number of ether oxygens (including phenoxy) is 1. The van der Waals surface area contributed by atoms with E-state index in [1.54, 1.807) is 0 Å². The van der Waals surface area contributed by atoms with Gasteiger partial charge in [0.2, 0.25) is 0 Å². The summed E-state index contributed by atoms with van der Waals surface area (Å²) in [6, 6.07) is 4.24. The van der Waals surface area contributed by atoms with Crippen molar-refractivity contribution in [3.63, 3.8) is 0 Å². The molecule has 0 bridgehead atoms. The monoisotopic (exact) mass is 294 g/mol. The van der Waals surface area contributed by atoms with Crippen molar-refractivity contribution in [3.8, 4) is 5.75 Å². The maximum absolute atomic E-state index is 6.38. The summed E-state index contributed by atoms with van der Waals surface area (Å²) in [7, 11) is 0. The molecular formula is C16H23ClN2O. The fourth-order valence-electron chi connectivity index (χ4n) is 2.68. The number of nitrogens with one attached hydrogen (secondary N) is 1. The molecule has 1 aliphatic heterocycles. The Balaban J connectivity index is 1.69. The minimum absolute atomic E-state index is 0.396. The van der Waals surface area contributed by atoms with Gasteiger partial charge in [0.05, 0.1) is 11.1 Å². The van der Waals surface area contributed by atoms with Gasteiger partial charge in [-0.05, 0) is 43.4 Å². The third-order valence-electron chi connectivity index (χ3n) is 3.98. The average molecular weight is 295 g/mol. The summed E-state index contributed by atoms with van der Waals surface area (Å²) in [5, 5.41) is 4.16. The summed E-state index contributed by atoms with van der Waals surface area (Å²) in [4.78, 5) is 2.51. The smallest absolute Gasteiger partial charge is 0.141 e. The van der Waals surface area contributed by atoms with Crippen molar-refractivity contribution >= 4 is 11.6 Å². The number of halogens is 1. The van der Waals surface area contributed by atoms with E-state index in [-0.39, 0.29) is 0 Å². The molecule has 0 amide bonds. The van der Waals surface area contributed by atoms with Gasteiger partial charge in [0.1, 0.15) is 5.75 Å². The largest absolute Gasteiger partial charge is 0.489 e. The summed E-state index contributed by atoms with van der Waals surface area (Å²) in [5.74, 6) is 0.926. The second kappa shape index (κ2) is 6.33. The van der Waals surface area contributed by atoms with Crippen LogP contribution in [0.3, 0.4) is 0 Å². The minimum atomic E-state index is 0.396. The van der Waals surface area contributed by atoms with Crippen LogP contribution in [-0.2, 0) is 6.42 Å². The molecular weight excluding hydrogens is 272 g/mol. The lowest BCUT2D eigenvalue weighted by Gasteiger charge is -2.27. The van der Waals surface area contributed by atoms with Crippen molar-refractivity contribution in [3.05, 3.63) is 28.3 Å². The Morgan fingerprint density at radius 3 is 2.75 bits per heavy atom. The van der Waals surface area contributed by atoms with Crippen molar-refractivity contribution in [2.75, 3.05) is 32.7 Å². The van der Waals surface area contributed by atoms with Crippen molar-refractivity contribution < 1.29 is 4.74 Å². The van der Waals surface area contributed by atoms with Gasteiger partial charge in [0.15, 0.2) is 0 Å². The van der Waals surface area contributed by atoms with Gasteiger partial charge in [-0.1, -0.05) is 17.7 Å². The highest BCUT2D eigenvalue weighted by Crippen LogP contribution is 2.36. The van der Waals surface area contributed by atoms with Gasteiger partial charge in [0, 0.05) is 32.7 Å². The zero-order valence-electron chi connectivity index (χ0n) is 12.1. The van der Waals surface area contributed by atoms with Crippen LogP contribution in [0.1, 0.15) is 24.0 Å². The van der Waals surface area contributed by atoms with Crippen LogP contribution in [0.2, 0.25) is 5.02 Å². The minimum Gasteiger partial charge on any atom is -0.489 e. The van der Waals surface area contributed by atoms with E-state index in [1.807, 2.05) is 6.07 Å². The molecule has 110 valence electrons. The van der Waals surface area contributed by atoms with Gasteiger partial charge < -0.3 is 15.0 Å². The number of rotatable bonds is 5. The molecule has 1 heterocycles. The molecule has 1 aromatic rings. The predicted molar refractivity (Wildman–Crippen MR) is 82.9 cm³/mol. The van der Waals surface area contributed by atoms with E-state index < -0.39 is 0 Å². The van der Waals surface area contributed by atoms with Crippen LogP contribution >= 0.6 is 11.6 Å². The molecule has 0 unspecified atom stereocenters. The van der Waals surface area contributed by atoms with Gasteiger partial charge in [-0.15, -0.1) is 0 Å². The number of hydrogen-bond donors (Lipinski definition) is 1. The number of hydrogen-bond acceptors (Lipinski definition) is 3. The molecule has 1 aromatic carbocycles. The first-order chi connectivity index (χ1) is 9.72. The average Bonchev–Trinajstić information content (AvgIpc) is 3.25. The molecule has 1 saturated carbocycles. The lowest BCUT2D eigenvalue weighted by Crippen LogP contribution is -2.44. The van der Waals surface area contributed by atoms with Crippen molar-refractivity contribution in [2.45, 2.75) is 32.3 Å². The number of nitrogens with zero attached hydrogens (tertiary/aromatic N) is 1. The number of aryl methyl sites for hydroxylation is 1. The van der Waals surface area contributed by atoms with Crippen LogP contribution in [0.4, 0.5) is 0 Å². The normalized spacial score (nSPS) is 20.1. The maximum atomic E-state index is 6.38. The van der Waals surface area contributed by atoms with E-state index in [0.29, 0.717) is 6.10 Å². The summed E-state index contributed by atoms with van der Waals surface area (Å²) in [5.41, 5.74) is 2.48. The Hall–Kier alpha value is -0.770. The third kappa shape index (κ3) is 3.66. The molecule has 1 saturated heterocycles. The van der Waals surface area contributed by atoms with Crippen molar-refractivity contribution in [1.29, 1.82) is 0 Å². The Morgan fingerprint density at radius 2 is 2.05 bits per heavy atom. The highest BCUT2D eigenvalue weighted by molar-refractivity contribution is 6.32. The number of piperazine rings is 1. The standard InChI is InChI=1S/C16H23ClN2O/c1-12-10-13(4-7-19-8-5-18-6-9-19)16(15(17)11-12)20-14-2-3-14/h10-11,14,18H,2-9H2,1H3. The van der Waals surface area contributed by atoms with Crippen LogP contribution in [0.15, 0.2) is 12.1 Å². The first-order valence-corrected chi connectivity index (χ1v) is 7.99. The molecule has 0 spiro atoms. The summed E-state index contributed by atoms with van der Waals surface area (Å²) < 4.78 is 6.02. The van der Waals surface area contributed by atoms with Gasteiger partial charge in [0.25, 0.3) is 0 Å². The topological polar surface area (TPSA) is 24.5 Å². The fourth-order valence-corrected chi connectivity index (χ4v) is 3.02. The Morgan fingerprint density at radius 1 is 1.30 bits per heavy atom. The maximum Gasteiger partial charge on any atom is 0.141 e. The molecule has 0 atom stereocenters. The molecule has 2 fully saturated rings. The summed E-state index contributed by atoms with van der Waals surface area (Å²) in [6.07, 6.45) is 3.75. The fraction of sp³-hybridized carbons (Fsp3) is 0.625. The first-order valence-electron chi connectivity index (χ1n) is 7.61. The third-order valence-corrected chi connectivity index (χ3v) is 4.26. The lowest BCUT2D eigenvalue weighted by molar-refractivity contribution is 0.241. The summed E-state index contributed by atoms with van der Waals surface area (Å²) in [6.45, 7) is 7.65. The van der Waals surface area contributed by atoms with E-state index in [1.165, 1.54) is 24.0 Å². The molecule has 2 aliphatic rings. The van der Waals surface area contributed by atoms with Crippen molar-refractivity contribution in [2.24, 2.45) is 0 Å². The van der Waals surface area contributed by atoms with E-state index in [9.17, 15) is 0 Å². The lowest BCUT2D eigenvalue weighted by atomic mass is 10.1. The zero-order chi connectivity index (χ0) is 13.9. The highest BCUT2D eigenvalue weighted by atomic mass is 35.5. The molecule has 3 rings (SSSR count). The molecule has 4 heteroatoms. The molecule has 1 N–H and O–H groups in total. The second-order valence-electron chi connectivity index (χ2n) is 5.89. The predicted octanol–water partition coefficient (Wildman–Crippen LogP) is 2.64. The van der Waals surface area contributed by atoms with E-state index in [2.05, 4.69) is 23.2 Å². The van der Waals surface area contributed by atoms with Crippen LogP contribution in [-0.4, -0.2) is 43.7 Å². The van der Waals surface area contributed by atoms with Crippen LogP contribution in [0.25, 0.3) is 0 Å². The molecule has 20 heavy (non-hydrogen) atoms. The molecule has 1 aliphatic carbocycles. The second-order valence-corrected chi connectivity index (χ2v) is 6.30. The van der Waals surface area contributed by atoms with E-state index >= 15 is 0 Å². The first kappa shape index (κ1) is 14.2. The van der Waals surface area contributed by atoms with Gasteiger partial charge in [-0.2, -0.15) is 0 Å². The quantitative estimate of drug-likeness (QED) is 0.903.